The van der Waals surface area contributed by atoms with Gasteiger partial charge in [0.2, 0.25) is 0 Å². The smallest absolute Gasteiger partial charge is 0.372 e. The highest BCUT2D eigenvalue weighted by Gasteiger charge is 2.31. The monoisotopic (exact) mass is 281 g/mol. The Bertz CT molecular complexity index is 756. The topological polar surface area (TPSA) is 46.9 Å². The second-order valence-corrected chi connectivity index (χ2v) is 4.01. The molecule has 1 aromatic carbocycles. The highest BCUT2D eigenvalue weighted by molar-refractivity contribution is 5.89. The molecule has 2 aromatic rings. The fraction of sp³-hybridized carbons (Fsp3) is 0.231. The molecule has 0 fully saturated rings. The first-order valence-corrected chi connectivity index (χ1v) is 5.61. The Labute approximate surface area is 112 Å². The van der Waals surface area contributed by atoms with Gasteiger partial charge in [0, 0.05) is 12.4 Å². The van der Waals surface area contributed by atoms with Gasteiger partial charge >= 0.3 is 11.9 Å². The molecule has 104 valence electrons. The van der Waals surface area contributed by atoms with Gasteiger partial charge in [-0.25, -0.2) is 4.79 Å². The van der Waals surface area contributed by atoms with Crippen molar-refractivity contribution in [3.63, 3.8) is 0 Å². The van der Waals surface area contributed by atoms with Crippen molar-refractivity contribution >= 4 is 16.7 Å². The fourth-order valence-corrected chi connectivity index (χ4v) is 1.89. The molecule has 2 rings (SSSR count). The molecule has 0 spiro atoms. The average molecular weight is 281 g/mol. The fourth-order valence-electron chi connectivity index (χ4n) is 1.89. The number of hydrogen-bond donors (Lipinski definition) is 1. The number of terminal acetylenes is 1. The second-order valence-electron chi connectivity index (χ2n) is 4.01. The highest BCUT2D eigenvalue weighted by atomic mass is 19.4. The number of halogens is 3. The van der Waals surface area contributed by atoms with E-state index >= 15 is 0 Å². The van der Waals surface area contributed by atoms with E-state index in [9.17, 15) is 18.0 Å². The number of benzene rings is 1. The Morgan fingerprint density at radius 2 is 2.15 bits per heavy atom. The van der Waals surface area contributed by atoms with Crippen molar-refractivity contribution in [2.45, 2.75) is 12.7 Å². The molecule has 7 heteroatoms. The Balaban J connectivity index is 2.87. The van der Waals surface area contributed by atoms with E-state index < -0.39 is 17.4 Å². The van der Waals surface area contributed by atoms with Gasteiger partial charge in [-0.15, -0.1) is 6.42 Å². The molecule has 0 atom stereocenters. The Hall–Kier alpha value is -2.49. The molecule has 0 unspecified atom stereocenters. The second kappa shape index (κ2) is 4.89. The van der Waals surface area contributed by atoms with Crippen LogP contribution < -0.4 is 11.0 Å². The molecule has 4 nitrogen and oxygen atoms in total. The summed E-state index contributed by atoms with van der Waals surface area (Å²) in [5, 5.41) is 3.08. The van der Waals surface area contributed by atoms with Crippen molar-refractivity contribution < 1.29 is 13.2 Å². The summed E-state index contributed by atoms with van der Waals surface area (Å²) in [5.74, 6) is 2.45. The number of aromatic nitrogens is 2. The summed E-state index contributed by atoms with van der Waals surface area (Å²) < 4.78 is 39.3. The molecule has 0 aliphatic rings. The van der Waals surface area contributed by atoms with Gasteiger partial charge in [-0.2, -0.15) is 18.2 Å². The lowest BCUT2D eigenvalue weighted by Gasteiger charge is -2.13. The normalized spacial score (nSPS) is 11.3. The summed E-state index contributed by atoms with van der Waals surface area (Å²) in [7, 11) is 1.53. The first-order valence-electron chi connectivity index (χ1n) is 5.61. The Morgan fingerprint density at radius 1 is 1.45 bits per heavy atom. The van der Waals surface area contributed by atoms with E-state index in [4.69, 9.17) is 6.42 Å². The molecule has 1 heterocycles. The van der Waals surface area contributed by atoms with Crippen LogP contribution in [0.2, 0.25) is 0 Å². The van der Waals surface area contributed by atoms with Gasteiger partial charge in [0.1, 0.15) is 5.82 Å². The number of fused-ring (bicyclic) bond motifs is 1. The number of anilines is 1. The van der Waals surface area contributed by atoms with E-state index in [0.717, 1.165) is 16.7 Å². The number of hydrogen-bond acceptors (Lipinski definition) is 3. The number of nitrogens with zero attached hydrogens (tertiary/aromatic N) is 2. The van der Waals surface area contributed by atoms with Crippen molar-refractivity contribution in [2.75, 3.05) is 12.4 Å². The summed E-state index contributed by atoms with van der Waals surface area (Å²) in [6, 6.07) is 3.11. The molecule has 20 heavy (non-hydrogen) atoms. The van der Waals surface area contributed by atoms with Gasteiger partial charge in [0.25, 0.3) is 0 Å². The van der Waals surface area contributed by atoms with Crippen LogP contribution in [0.4, 0.5) is 19.0 Å². The van der Waals surface area contributed by atoms with E-state index in [0.29, 0.717) is 5.39 Å². The number of rotatable bonds is 2. The molecule has 0 saturated carbocycles. The van der Waals surface area contributed by atoms with Crippen molar-refractivity contribution in [2.24, 2.45) is 0 Å². The van der Waals surface area contributed by atoms with E-state index in [-0.39, 0.29) is 17.9 Å². The minimum absolute atomic E-state index is 0.0992. The van der Waals surface area contributed by atoms with Crippen LogP contribution in [0.3, 0.4) is 0 Å². The largest absolute Gasteiger partial charge is 0.416 e. The maximum Gasteiger partial charge on any atom is 0.416 e. The van der Waals surface area contributed by atoms with Crippen molar-refractivity contribution in [3.8, 4) is 12.3 Å². The van der Waals surface area contributed by atoms with Crippen LogP contribution in [0, 0.1) is 12.3 Å². The molecule has 0 bridgehead atoms. The van der Waals surface area contributed by atoms with Gasteiger partial charge in [-0.05, 0) is 18.2 Å². The first kappa shape index (κ1) is 13.9. The van der Waals surface area contributed by atoms with Crippen LogP contribution in [0.1, 0.15) is 5.56 Å². The SMILES string of the molecule is C#CCn1c(=O)nc(NC)c2ccc(C(F)(F)F)cc21. The van der Waals surface area contributed by atoms with Crippen LogP contribution in [0.15, 0.2) is 23.0 Å². The van der Waals surface area contributed by atoms with E-state index in [1.807, 2.05) is 0 Å². The molecule has 0 aliphatic heterocycles. The summed E-state index contributed by atoms with van der Waals surface area (Å²) in [6.07, 6.45) is 0.648. The Kier molecular flexibility index (Phi) is 3.40. The number of alkyl halides is 3. The van der Waals surface area contributed by atoms with Crippen LogP contribution >= 0.6 is 0 Å². The molecule has 0 saturated heterocycles. The van der Waals surface area contributed by atoms with Crippen LogP contribution in [-0.2, 0) is 12.7 Å². The lowest BCUT2D eigenvalue weighted by Crippen LogP contribution is -2.24. The van der Waals surface area contributed by atoms with E-state index in [1.54, 1.807) is 0 Å². The Morgan fingerprint density at radius 3 is 2.70 bits per heavy atom. The van der Waals surface area contributed by atoms with Crippen LogP contribution in [0.25, 0.3) is 10.9 Å². The summed E-state index contributed by atoms with van der Waals surface area (Å²) >= 11 is 0. The standard InChI is InChI=1S/C13H10F3N3O/c1-3-6-19-10-7-8(13(14,15)16)4-5-9(10)11(17-2)18-12(19)20/h1,4-5,7H,6H2,2H3,(H,17,18,20). The molecule has 0 radical (unpaired) electrons. The lowest BCUT2D eigenvalue weighted by atomic mass is 10.1. The van der Waals surface area contributed by atoms with E-state index in [2.05, 4.69) is 16.2 Å². The minimum atomic E-state index is -4.49. The third-order valence-electron chi connectivity index (χ3n) is 2.80. The van der Waals surface area contributed by atoms with Gasteiger partial charge in [-0.1, -0.05) is 5.92 Å². The molecular weight excluding hydrogens is 271 g/mol. The molecule has 0 aliphatic carbocycles. The van der Waals surface area contributed by atoms with Gasteiger partial charge < -0.3 is 5.32 Å². The predicted octanol–water partition coefficient (Wildman–Crippen LogP) is 2.09. The molecule has 0 amide bonds. The third kappa shape index (κ3) is 2.32. The lowest BCUT2D eigenvalue weighted by molar-refractivity contribution is -0.137. The molecule has 1 N–H and O–H groups in total. The summed E-state index contributed by atoms with van der Waals surface area (Å²) in [6.45, 7) is -0.145. The number of nitrogens with one attached hydrogen (secondary N) is 1. The first-order chi connectivity index (χ1) is 9.38. The quantitative estimate of drug-likeness (QED) is 0.857. The van der Waals surface area contributed by atoms with Gasteiger partial charge in [0.05, 0.1) is 17.6 Å². The average Bonchev–Trinajstić information content (AvgIpc) is 2.40. The maximum absolute atomic E-state index is 12.8. The van der Waals surface area contributed by atoms with Gasteiger partial charge in [-0.3, -0.25) is 4.57 Å². The summed E-state index contributed by atoms with van der Waals surface area (Å²) in [5.41, 5.74) is -1.44. The minimum Gasteiger partial charge on any atom is -0.372 e. The molecular formula is C13H10F3N3O. The maximum atomic E-state index is 12.8. The van der Waals surface area contributed by atoms with E-state index in [1.165, 1.54) is 13.1 Å². The zero-order valence-corrected chi connectivity index (χ0v) is 10.5. The zero-order valence-electron chi connectivity index (χ0n) is 10.5. The van der Waals surface area contributed by atoms with Crippen molar-refractivity contribution in [1.29, 1.82) is 0 Å². The predicted molar refractivity (Wildman–Crippen MR) is 69.4 cm³/mol. The van der Waals surface area contributed by atoms with Crippen LogP contribution in [-0.4, -0.2) is 16.6 Å². The van der Waals surface area contributed by atoms with Crippen molar-refractivity contribution in [3.05, 3.63) is 34.2 Å². The summed E-state index contributed by atoms with van der Waals surface area (Å²) in [4.78, 5) is 15.5. The zero-order chi connectivity index (χ0) is 14.9. The van der Waals surface area contributed by atoms with Gasteiger partial charge in [0.15, 0.2) is 0 Å². The van der Waals surface area contributed by atoms with Crippen molar-refractivity contribution in [1.82, 2.24) is 9.55 Å². The highest BCUT2D eigenvalue weighted by Crippen LogP contribution is 2.32. The van der Waals surface area contributed by atoms with Crippen LogP contribution in [0.5, 0.6) is 0 Å². The molecule has 1 aromatic heterocycles. The third-order valence-corrected chi connectivity index (χ3v) is 2.80.